The summed E-state index contributed by atoms with van der Waals surface area (Å²) in [7, 11) is 0. The minimum atomic E-state index is -1.04. The van der Waals surface area contributed by atoms with Crippen molar-refractivity contribution in [2.75, 3.05) is 6.54 Å². The Morgan fingerprint density at radius 1 is 1.06 bits per heavy atom. The van der Waals surface area contributed by atoms with E-state index in [9.17, 15) is 24.6 Å². The van der Waals surface area contributed by atoms with Crippen molar-refractivity contribution in [1.29, 1.82) is 0 Å². The van der Waals surface area contributed by atoms with Gasteiger partial charge in [-0.15, -0.1) is 0 Å². The second-order valence-electron chi connectivity index (χ2n) is 8.97. The molecule has 0 radical (unpaired) electrons. The molecule has 172 valence electrons. The molecule has 10 heteroatoms. The summed E-state index contributed by atoms with van der Waals surface area (Å²) in [6.07, 6.45) is 7.31. The third kappa shape index (κ3) is 4.95. The van der Waals surface area contributed by atoms with Gasteiger partial charge in [0, 0.05) is 6.54 Å². The van der Waals surface area contributed by atoms with E-state index in [1.807, 2.05) is 0 Å². The zero-order chi connectivity index (χ0) is 22.9. The van der Waals surface area contributed by atoms with Gasteiger partial charge in [0.1, 0.15) is 6.20 Å². The summed E-state index contributed by atoms with van der Waals surface area (Å²) in [4.78, 5) is 37.8. The third-order valence-electron chi connectivity index (χ3n) is 6.29. The number of nitrogens with one attached hydrogen (secondary N) is 1. The Kier molecular flexibility index (Phi) is 6.24. The summed E-state index contributed by atoms with van der Waals surface area (Å²) in [5, 5.41) is 27.8. The lowest BCUT2D eigenvalue weighted by atomic mass is 9.94. The minimum Gasteiger partial charge on any atom is -0.388 e. The summed E-state index contributed by atoms with van der Waals surface area (Å²) < 4.78 is 1.94. The Balaban J connectivity index is 1.58. The number of amides is 1. The van der Waals surface area contributed by atoms with Crippen molar-refractivity contribution in [3.05, 3.63) is 55.8 Å². The summed E-state index contributed by atoms with van der Waals surface area (Å²) in [6, 6.07) is 4.42. The Morgan fingerprint density at radius 2 is 1.75 bits per heavy atom. The van der Waals surface area contributed by atoms with E-state index in [4.69, 9.17) is 11.6 Å². The first-order valence-corrected chi connectivity index (χ1v) is 11.3. The van der Waals surface area contributed by atoms with Gasteiger partial charge in [0.05, 0.1) is 34.0 Å². The van der Waals surface area contributed by atoms with Crippen molar-refractivity contribution in [3.8, 4) is 5.69 Å². The molecule has 2 fully saturated rings. The maximum absolute atomic E-state index is 12.9. The number of rotatable bonds is 6. The lowest BCUT2D eigenvalue weighted by molar-refractivity contribution is 0.0246. The van der Waals surface area contributed by atoms with Gasteiger partial charge in [0.15, 0.2) is 0 Å². The van der Waals surface area contributed by atoms with E-state index in [1.165, 1.54) is 18.2 Å². The highest BCUT2D eigenvalue weighted by atomic mass is 35.5. The van der Waals surface area contributed by atoms with Crippen LogP contribution in [0.25, 0.3) is 5.69 Å². The number of halogens is 1. The van der Waals surface area contributed by atoms with Crippen molar-refractivity contribution in [2.45, 2.75) is 69.1 Å². The number of aliphatic hydroxyl groups is 2. The Morgan fingerprint density at radius 3 is 2.41 bits per heavy atom. The standard InChI is InChI=1S/C22H27ClN4O5/c23-17-6-5-15(27-20(30)26(18(28)12-25-27)14-22(32)9-10-22)11-16(17)19(29)24-13-21(31)7-3-1-2-4-8-21/h5-6,11-12,31-32H,1-4,7-10,13-14H2,(H,24,29). The maximum Gasteiger partial charge on any atom is 0.352 e. The van der Waals surface area contributed by atoms with E-state index in [1.54, 1.807) is 0 Å². The Hall–Kier alpha value is -2.49. The molecule has 4 rings (SSSR count). The van der Waals surface area contributed by atoms with Crippen LogP contribution in [0.4, 0.5) is 0 Å². The number of carbonyl (C=O) groups excluding carboxylic acids is 1. The molecule has 1 aromatic heterocycles. The number of hydrogen-bond donors (Lipinski definition) is 3. The molecule has 2 aliphatic carbocycles. The van der Waals surface area contributed by atoms with Crippen LogP contribution in [-0.2, 0) is 6.54 Å². The summed E-state index contributed by atoms with van der Waals surface area (Å²) in [6.45, 7) is 0.0146. The van der Waals surface area contributed by atoms with Crippen LogP contribution in [0.5, 0.6) is 0 Å². The average molecular weight is 463 g/mol. The molecular formula is C22H27ClN4O5. The third-order valence-corrected chi connectivity index (χ3v) is 6.62. The van der Waals surface area contributed by atoms with Crippen molar-refractivity contribution < 1.29 is 15.0 Å². The quantitative estimate of drug-likeness (QED) is 0.557. The summed E-state index contributed by atoms with van der Waals surface area (Å²) in [5.74, 6) is -0.469. The molecule has 32 heavy (non-hydrogen) atoms. The number of nitrogens with zero attached hydrogens (tertiary/aromatic N) is 3. The summed E-state index contributed by atoms with van der Waals surface area (Å²) >= 11 is 6.23. The second kappa shape index (κ2) is 8.80. The van der Waals surface area contributed by atoms with Crippen molar-refractivity contribution in [2.24, 2.45) is 0 Å². The van der Waals surface area contributed by atoms with Crippen LogP contribution in [0.2, 0.25) is 5.02 Å². The van der Waals surface area contributed by atoms with E-state index < -0.39 is 28.4 Å². The molecule has 0 saturated heterocycles. The van der Waals surface area contributed by atoms with E-state index in [-0.39, 0.29) is 29.4 Å². The van der Waals surface area contributed by atoms with Gasteiger partial charge >= 0.3 is 5.69 Å². The lowest BCUT2D eigenvalue weighted by Gasteiger charge is -2.26. The number of benzene rings is 1. The van der Waals surface area contributed by atoms with Gasteiger partial charge in [-0.3, -0.25) is 14.2 Å². The molecule has 1 heterocycles. The van der Waals surface area contributed by atoms with E-state index in [2.05, 4.69) is 10.4 Å². The van der Waals surface area contributed by atoms with Crippen LogP contribution in [0, 0.1) is 0 Å². The molecule has 1 amide bonds. The molecule has 0 atom stereocenters. The van der Waals surface area contributed by atoms with Crippen LogP contribution in [0.1, 0.15) is 61.7 Å². The summed E-state index contributed by atoms with van der Waals surface area (Å²) in [5.41, 5.74) is -2.89. The number of hydrogen-bond acceptors (Lipinski definition) is 6. The van der Waals surface area contributed by atoms with Crippen molar-refractivity contribution in [3.63, 3.8) is 0 Å². The smallest absolute Gasteiger partial charge is 0.352 e. The van der Waals surface area contributed by atoms with Gasteiger partial charge in [0.2, 0.25) is 0 Å². The fraction of sp³-hybridized carbons (Fsp3) is 0.545. The zero-order valence-corrected chi connectivity index (χ0v) is 18.5. The maximum atomic E-state index is 12.9. The number of aromatic nitrogens is 3. The molecule has 1 aromatic carbocycles. The first kappa shape index (κ1) is 22.7. The van der Waals surface area contributed by atoms with Crippen molar-refractivity contribution in [1.82, 2.24) is 19.7 Å². The van der Waals surface area contributed by atoms with Crippen molar-refractivity contribution >= 4 is 17.5 Å². The first-order chi connectivity index (χ1) is 15.2. The molecule has 0 spiro atoms. The van der Waals surface area contributed by atoms with Gasteiger partial charge in [0.25, 0.3) is 11.5 Å². The molecule has 0 aliphatic heterocycles. The van der Waals surface area contributed by atoms with Crippen LogP contribution < -0.4 is 16.6 Å². The van der Waals surface area contributed by atoms with E-state index in [0.29, 0.717) is 25.7 Å². The molecule has 0 unspecified atom stereocenters. The highest BCUT2D eigenvalue weighted by Crippen LogP contribution is 2.35. The van der Waals surface area contributed by atoms with Gasteiger partial charge in [-0.05, 0) is 43.9 Å². The lowest BCUT2D eigenvalue weighted by Crippen LogP contribution is -2.43. The van der Waals surface area contributed by atoms with Crippen LogP contribution in [0.15, 0.2) is 34.0 Å². The highest BCUT2D eigenvalue weighted by molar-refractivity contribution is 6.33. The predicted octanol–water partition coefficient (Wildman–Crippen LogP) is 1.39. The zero-order valence-electron chi connectivity index (χ0n) is 17.7. The molecule has 0 bridgehead atoms. The molecule has 2 saturated carbocycles. The molecule has 9 nitrogen and oxygen atoms in total. The van der Waals surface area contributed by atoms with E-state index >= 15 is 0 Å². The minimum absolute atomic E-state index is 0.104. The Bertz CT molecular complexity index is 1130. The highest BCUT2D eigenvalue weighted by Gasteiger charge is 2.41. The fourth-order valence-electron chi connectivity index (χ4n) is 4.08. The first-order valence-electron chi connectivity index (χ1n) is 10.9. The van der Waals surface area contributed by atoms with Gasteiger partial charge in [-0.2, -0.15) is 9.78 Å². The normalized spacial score (nSPS) is 19.2. The van der Waals surface area contributed by atoms with Gasteiger partial charge in [-0.1, -0.05) is 37.3 Å². The number of carbonyl (C=O) groups is 1. The monoisotopic (exact) mass is 462 g/mol. The van der Waals surface area contributed by atoms with Crippen LogP contribution in [-0.4, -0.2) is 48.2 Å². The topological polar surface area (TPSA) is 126 Å². The second-order valence-corrected chi connectivity index (χ2v) is 9.38. The molecule has 2 aliphatic rings. The molecule has 2 aromatic rings. The molecule has 3 N–H and O–H groups in total. The Labute approximate surface area is 189 Å². The largest absolute Gasteiger partial charge is 0.388 e. The molecular weight excluding hydrogens is 436 g/mol. The van der Waals surface area contributed by atoms with E-state index in [0.717, 1.165) is 41.1 Å². The van der Waals surface area contributed by atoms with Crippen LogP contribution >= 0.6 is 11.6 Å². The van der Waals surface area contributed by atoms with Crippen LogP contribution in [0.3, 0.4) is 0 Å². The SMILES string of the molecule is O=C(NCC1(O)CCCCCC1)c1cc(-n2ncc(=O)n(CC3(O)CC3)c2=O)ccc1Cl. The van der Waals surface area contributed by atoms with Gasteiger partial charge < -0.3 is 15.5 Å². The average Bonchev–Trinajstić information content (AvgIpc) is 3.53. The van der Waals surface area contributed by atoms with Gasteiger partial charge in [-0.25, -0.2) is 4.79 Å². The fourth-order valence-corrected chi connectivity index (χ4v) is 4.28. The predicted molar refractivity (Wildman–Crippen MR) is 118 cm³/mol.